The van der Waals surface area contributed by atoms with Crippen LogP contribution in [0.2, 0.25) is 0 Å². The van der Waals surface area contributed by atoms with Gasteiger partial charge in [0.15, 0.2) is 5.82 Å². The van der Waals surface area contributed by atoms with Crippen LogP contribution in [0.4, 0.5) is 0 Å². The van der Waals surface area contributed by atoms with E-state index >= 15 is 0 Å². The van der Waals surface area contributed by atoms with Gasteiger partial charge < -0.3 is 10.1 Å². The van der Waals surface area contributed by atoms with Crippen LogP contribution in [-0.2, 0) is 0 Å². The first-order valence-electron chi connectivity index (χ1n) is 8.88. The number of aromatic nitrogens is 4. The lowest BCUT2D eigenvalue weighted by Crippen LogP contribution is -2.01. The molecule has 3 aromatic heterocycles. The number of rotatable bonds is 4. The standard InChI is InChI=1S/C22H16N4OS/c27-20(16-10-15-8-4-5-9-18(15)23-12-16)17-11-19(14-6-2-1-3-7-14)28-21(17)22-24-13-25-26-22/h1-13,20,27H,(H,24,25,26). The van der Waals surface area contributed by atoms with Gasteiger partial charge in [-0.25, -0.2) is 0 Å². The Hall–Kier alpha value is -3.35. The molecule has 2 aromatic carbocycles. The largest absolute Gasteiger partial charge is 0.384 e. The van der Waals surface area contributed by atoms with E-state index in [1.54, 1.807) is 23.9 Å². The first-order valence-corrected chi connectivity index (χ1v) is 9.69. The molecule has 1 unspecified atom stereocenters. The Balaban J connectivity index is 1.63. The van der Waals surface area contributed by atoms with E-state index in [1.165, 1.54) is 0 Å². The first-order chi connectivity index (χ1) is 13.8. The van der Waals surface area contributed by atoms with Crippen molar-refractivity contribution < 1.29 is 5.11 Å². The summed E-state index contributed by atoms with van der Waals surface area (Å²) in [6.07, 6.45) is 2.47. The van der Waals surface area contributed by atoms with E-state index in [2.05, 4.69) is 32.3 Å². The molecule has 0 aliphatic carbocycles. The maximum absolute atomic E-state index is 11.2. The molecule has 6 heteroatoms. The number of pyridine rings is 1. The average molecular weight is 384 g/mol. The van der Waals surface area contributed by atoms with Gasteiger partial charge >= 0.3 is 0 Å². The van der Waals surface area contributed by atoms with Crippen molar-refractivity contribution in [2.75, 3.05) is 0 Å². The molecule has 1 atom stereocenters. The molecule has 0 saturated carbocycles. The highest BCUT2D eigenvalue weighted by atomic mass is 32.1. The quantitative estimate of drug-likeness (QED) is 0.465. The van der Waals surface area contributed by atoms with Gasteiger partial charge in [0, 0.05) is 27.6 Å². The van der Waals surface area contributed by atoms with Crippen molar-refractivity contribution in [1.29, 1.82) is 0 Å². The Bertz CT molecular complexity index is 1230. The molecule has 5 aromatic rings. The summed E-state index contributed by atoms with van der Waals surface area (Å²) in [5.41, 5.74) is 3.54. The third kappa shape index (κ3) is 2.98. The molecule has 0 spiro atoms. The highest BCUT2D eigenvalue weighted by Crippen LogP contribution is 2.41. The predicted molar refractivity (Wildman–Crippen MR) is 111 cm³/mol. The number of benzene rings is 2. The smallest absolute Gasteiger partial charge is 0.171 e. The van der Waals surface area contributed by atoms with Gasteiger partial charge in [-0.3, -0.25) is 4.98 Å². The van der Waals surface area contributed by atoms with Crippen LogP contribution in [0.3, 0.4) is 0 Å². The van der Waals surface area contributed by atoms with E-state index < -0.39 is 6.10 Å². The second-order valence-corrected chi connectivity index (χ2v) is 7.51. The van der Waals surface area contributed by atoms with Gasteiger partial charge in [-0.1, -0.05) is 48.5 Å². The highest BCUT2D eigenvalue weighted by molar-refractivity contribution is 7.19. The fourth-order valence-electron chi connectivity index (χ4n) is 3.27. The lowest BCUT2D eigenvalue weighted by molar-refractivity contribution is 0.221. The van der Waals surface area contributed by atoms with Crippen molar-refractivity contribution in [3.63, 3.8) is 0 Å². The zero-order valence-electron chi connectivity index (χ0n) is 14.8. The third-order valence-corrected chi connectivity index (χ3v) is 5.88. The summed E-state index contributed by atoms with van der Waals surface area (Å²) >= 11 is 1.58. The number of nitrogens with one attached hydrogen (secondary N) is 1. The fourth-order valence-corrected chi connectivity index (χ4v) is 4.42. The van der Waals surface area contributed by atoms with E-state index in [0.717, 1.165) is 37.3 Å². The van der Waals surface area contributed by atoms with Crippen molar-refractivity contribution in [1.82, 2.24) is 20.2 Å². The van der Waals surface area contributed by atoms with E-state index in [9.17, 15) is 5.11 Å². The number of hydrogen-bond acceptors (Lipinski definition) is 5. The number of para-hydroxylation sites is 1. The van der Waals surface area contributed by atoms with Crippen molar-refractivity contribution in [2.45, 2.75) is 6.10 Å². The molecule has 0 amide bonds. The van der Waals surface area contributed by atoms with Crippen molar-refractivity contribution >= 4 is 22.2 Å². The van der Waals surface area contributed by atoms with E-state index in [1.807, 2.05) is 54.6 Å². The molecule has 0 radical (unpaired) electrons. The molecule has 3 heterocycles. The van der Waals surface area contributed by atoms with Crippen LogP contribution >= 0.6 is 11.3 Å². The number of nitrogens with zero attached hydrogens (tertiary/aromatic N) is 3. The SMILES string of the molecule is OC(c1cnc2ccccc2c1)c1cc(-c2ccccc2)sc1-c1nnc[nH]1. The lowest BCUT2D eigenvalue weighted by atomic mass is 10.0. The van der Waals surface area contributed by atoms with Crippen molar-refractivity contribution in [3.05, 3.63) is 90.4 Å². The van der Waals surface area contributed by atoms with Crippen LogP contribution in [0.15, 0.2) is 79.3 Å². The minimum Gasteiger partial charge on any atom is -0.384 e. The Morgan fingerprint density at radius 3 is 2.61 bits per heavy atom. The molecule has 0 aliphatic heterocycles. The van der Waals surface area contributed by atoms with Crippen LogP contribution < -0.4 is 0 Å². The van der Waals surface area contributed by atoms with Gasteiger partial charge in [0.25, 0.3) is 0 Å². The van der Waals surface area contributed by atoms with Gasteiger partial charge in [0.05, 0.1) is 10.4 Å². The first kappa shape index (κ1) is 16.8. The molecule has 136 valence electrons. The molecule has 5 nitrogen and oxygen atoms in total. The predicted octanol–water partition coefficient (Wildman–Crippen LogP) is 4.83. The van der Waals surface area contributed by atoms with E-state index in [4.69, 9.17) is 0 Å². The van der Waals surface area contributed by atoms with Gasteiger partial charge in [0.1, 0.15) is 12.4 Å². The third-order valence-electron chi connectivity index (χ3n) is 4.67. The molecule has 28 heavy (non-hydrogen) atoms. The average Bonchev–Trinajstić information content (AvgIpc) is 3.43. The molecule has 0 fully saturated rings. The number of aliphatic hydroxyl groups is 1. The number of thiophene rings is 1. The summed E-state index contributed by atoms with van der Waals surface area (Å²) in [4.78, 5) is 9.49. The lowest BCUT2D eigenvalue weighted by Gasteiger charge is -2.12. The summed E-state index contributed by atoms with van der Waals surface area (Å²) in [6.45, 7) is 0. The van der Waals surface area contributed by atoms with Crippen molar-refractivity contribution in [3.8, 4) is 21.1 Å². The summed E-state index contributed by atoms with van der Waals surface area (Å²) in [5, 5.41) is 20.3. The molecule has 2 N–H and O–H groups in total. The van der Waals surface area contributed by atoms with Gasteiger partial charge in [-0.05, 0) is 23.8 Å². The second-order valence-electron chi connectivity index (χ2n) is 6.46. The maximum Gasteiger partial charge on any atom is 0.171 e. The Morgan fingerprint density at radius 2 is 1.79 bits per heavy atom. The second kappa shape index (κ2) is 6.99. The van der Waals surface area contributed by atoms with Crippen LogP contribution in [0, 0.1) is 0 Å². The van der Waals surface area contributed by atoms with Crippen LogP contribution in [-0.4, -0.2) is 25.3 Å². The number of aliphatic hydroxyl groups excluding tert-OH is 1. The van der Waals surface area contributed by atoms with Gasteiger partial charge in [-0.2, -0.15) is 0 Å². The molecular weight excluding hydrogens is 368 g/mol. The molecule has 0 saturated heterocycles. The molecular formula is C22H16N4OS. The zero-order valence-corrected chi connectivity index (χ0v) is 15.6. The number of H-pyrrole nitrogens is 1. The monoisotopic (exact) mass is 384 g/mol. The maximum atomic E-state index is 11.2. The molecule has 0 aliphatic rings. The fraction of sp³-hybridized carbons (Fsp3) is 0.0455. The van der Waals surface area contributed by atoms with Crippen LogP contribution in [0.1, 0.15) is 17.2 Å². The Morgan fingerprint density at radius 1 is 0.964 bits per heavy atom. The summed E-state index contributed by atoms with van der Waals surface area (Å²) < 4.78 is 0. The van der Waals surface area contributed by atoms with Crippen LogP contribution in [0.25, 0.3) is 32.0 Å². The minimum atomic E-state index is -0.814. The normalized spacial score (nSPS) is 12.3. The molecule has 0 bridgehead atoms. The van der Waals surface area contributed by atoms with E-state index in [-0.39, 0.29) is 0 Å². The Kier molecular flexibility index (Phi) is 4.20. The number of hydrogen-bond donors (Lipinski definition) is 2. The Labute approximate surface area is 165 Å². The highest BCUT2D eigenvalue weighted by Gasteiger charge is 2.22. The summed E-state index contributed by atoms with van der Waals surface area (Å²) in [7, 11) is 0. The number of fused-ring (bicyclic) bond motifs is 1. The van der Waals surface area contributed by atoms with Gasteiger partial charge in [0.2, 0.25) is 0 Å². The topological polar surface area (TPSA) is 74.7 Å². The van der Waals surface area contributed by atoms with Gasteiger partial charge in [-0.15, -0.1) is 21.5 Å². The summed E-state index contributed by atoms with van der Waals surface area (Å²) in [5.74, 6) is 0.648. The zero-order chi connectivity index (χ0) is 18.9. The molecule has 5 rings (SSSR count). The van der Waals surface area contributed by atoms with E-state index in [0.29, 0.717) is 5.82 Å². The summed E-state index contributed by atoms with van der Waals surface area (Å²) in [6, 6.07) is 22.0. The number of aromatic amines is 1. The minimum absolute atomic E-state index is 0.648. The van der Waals surface area contributed by atoms with Crippen molar-refractivity contribution in [2.24, 2.45) is 0 Å². The van der Waals surface area contributed by atoms with Crippen LogP contribution in [0.5, 0.6) is 0 Å².